The fourth-order valence-electron chi connectivity index (χ4n) is 2.70. The molecule has 0 aromatic heterocycles. The lowest BCUT2D eigenvalue weighted by Gasteiger charge is -2.36. The van der Waals surface area contributed by atoms with Gasteiger partial charge in [0.2, 0.25) is 0 Å². The minimum absolute atomic E-state index is 0.120. The highest BCUT2D eigenvalue weighted by atomic mass is 35.5. The molecule has 2 rings (SSSR count). The van der Waals surface area contributed by atoms with E-state index >= 15 is 0 Å². The first-order valence-corrected chi connectivity index (χ1v) is 7.74. The van der Waals surface area contributed by atoms with Gasteiger partial charge in [-0.1, -0.05) is 17.7 Å². The maximum atomic E-state index is 10.1. The smallest absolute Gasteiger partial charge is 0.138 e. The zero-order chi connectivity index (χ0) is 16.1. The summed E-state index contributed by atoms with van der Waals surface area (Å²) in [6, 6.07) is 7.05. The van der Waals surface area contributed by atoms with E-state index in [4.69, 9.17) is 26.3 Å². The van der Waals surface area contributed by atoms with E-state index in [1.54, 1.807) is 18.2 Å². The summed E-state index contributed by atoms with van der Waals surface area (Å²) in [6.45, 7) is 6.27. The monoisotopic (exact) mass is 324 g/mol. The molecule has 1 aromatic rings. The third kappa shape index (κ3) is 4.59. The SMILES string of the molecule is CC1CN(CC(O)COc2cccc(Cl)c2C#N)CC(C)O1. The topological polar surface area (TPSA) is 65.7 Å². The van der Waals surface area contributed by atoms with Gasteiger partial charge in [-0.3, -0.25) is 4.90 Å². The van der Waals surface area contributed by atoms with Crippen molar-refractivity contribution in [2.45, 2.75) is 32.2 Å². The molecule has 1 saturated heterocycles. The second kappa shape index (κ2) is 7.80. The second-order valence-corrected chi connectivity index (χ2v) is 6.07. The molecular formula is C16H21ClN2O3. The lowest BCUT2D eigenvalue weighted by molar-refractivity contribution is -0.0786. The van der Waals surface area contributed by atoms with Crippen LogP contribution in [0.4, 0.5) is 0 Å². The number of β-amino-alcohol motifs (C(OH)–C–C–N with tert-alkyl or cyclic N) is 1. The molecule has 1 aromatic carbocycles. The third-order valence-corrected chi connectivity index (χ3v) is 3.80. The zero-order valence-corrected chi connectivity index (χ0v) is 13.6. The summed E-state index contributed by atoms with van der Waals surface area (Å²) in [4.78, 5) is 2.16. The van der Waals surface area contributed by atoms with Crippen LogP contribution in [0.15, 0.2) is 18.2 Å². The number of nitrogens with zero attached hydrogens (tertiary/aromatic N) is 2. The minimum atomic E-state index is -0.636. The van der Waals surface area contributed by atoms with Crippen LogP contribution in [0.3, 0.4) is 0 Å². The Morgan fingerprint density at radius 3 is 2.77 bits per heavy atom. The molecule has 0 spiro atoms. The summed E-state index contributed by atoms with van der Waals surface area (Å²) in [5.74, 6) is 0.401. The number of hydrogen-bond donors (Lipinski definition) is 1. The van der Waals surface area contributed by atoms with Gasteiger partial charge >= 0.3 is 0 Å². The van der Waals surface area contributed by atoms with Gasteiger partial charge in [0.1, 0.15) is 30.1 Å². The fraction of sp³-hybridized carbons (Fsp3) is 0.562. The highest BCUT2D eigenvalue weighted by Gasteiger charge is 2.24. The summed E-state index contributed by atoms with van der Waals surface area (Å²) >= 11 is 5.95. The first kappa shape index (κ1) is 17.0. The number of aliphatic hydroxyl groups excluding tert-OH is 1. The Hall–Kier alpha value is -1.32. The predicted molar refractivity (Wildman–Crippen MR) is 84.1 cm³/mol. The number of hydrogen-bond acceptors (Lipinski definition) is 5. The Bertz CT molecular complexity index is 537. The summed E-state index contributed by atoms with van der Waals surface area (Å²) in [7, 11) is 0. The lowest BCUT2D eigenvalue weighted by Crippen LogP contribution is -2.48. The van der Waals surface area contributed by atoms with Gasteiger partial charge < -0.3 is 14.6 Å². The number of benzene rings is 1. The van der Waals surface area contributed by atoms with Crippen LogP contribution < -0.4 is 4.74 Å². The number of halogens is 1. The van der Waals surface area contributed by atoms with Crippen LogP contribution >= 0.6 is 11.6 Å². The van der Waals surface area contributed by atoms with Crippen molar-refractivity contribution in [3.05, 3.63) is 28.8 Å². The van der Waals surface area contributed by atoms with E-state index in [1.165, 1.54) is 0 Å². The Morgan fingerprint density at radius 1 is 1.45 bits per heavy atom. The van der Waals surface area contributed by atoms with Crippen molar-refractivity contribution in [3.63, 3.8) is 0 Å². The molecule has 1 aliphatic rings. The quantitative estimate of drug-likeness (QED) is 0.898. The lowest BCUT2D eigenvalue weighted by atomic mass is 10.2. The van der Waals surface area contributed by atoms with Crippen LogP contribution in [-0.2, 0) is 4.74 Å². The van der Waals surface area contributed by atoms with Crippen molar-refractivity contribution >= 4 is 11.6 Å². The second-order valence-electron chi connectivity index (χ2n) is 5.67. The van der Waals surface area contributed by atoms with Crippen molar-refractivity contribution in [1.29, 1.82) is 5.26 Å². The largest absolute Gasteiger partial charge is 0.489 e. The van der Waals surface area contributed by atoms with Gasteiger partial charge in [-0.25, -0.2) is 0 Å². The Balaban J connectivity index is 1.87. The first-order chi connectivity index (χ1) is 10.5. The third-order valence-electron chi connectivity index (χ3n) is 3.48. The fourth-order valence-corrected chi connectivity index (χ4v) is 2.91. The number of morpholine rings is 1. The van der Waals surface area contributed by atoms with Crippen molar-refractivity contribution in [1.82, 2.24) is 4.90 Å². The van der Waals surface area contributed by atoms with Crippen molar-refractivity contribution < 1.29 is 14.6 Å². The summed E-state index contributed by atoms with van der Waals surface area (Å²) in [6.07, 6.45) is -0.312. The van der Waals surface area contributed by atoms with Gasteiger partial charge in [0.25, 0.3) is 0 Å². The Labute approximate surface area is 136 Å². The number of rotatable bonds is 5. The molecule has 120 valence electrons. The molecule has 0 amide bonds. The molecular weight excluding hydrogens is 304 g/mol. The molecule has 3 unspecified atom stereocenters. The molecule has 22 heavy (non-hydrogen) atoms. The minimum Gasteiger partial charge on any atom is -0.489 e. The predicted octanol–water partition coefficient (Wildman–Crippen LogP) is 2.06. The molecule has 1 fully saturated rings. The number of aliphatic hydroxyl groups is 1. The van der Waals surface area contributed by atoms with E-state index in [9.17, 15) is 5.11 Å². The normalized spacial score (nSPS) is 23.8. The molecule has 0 bridgehead atoms. The van der Waals surface area contributed by atoms with Gasteiger partial charge in [-0.05, 0) is 26.0 Å². The van der Waals surface area contributed by atoms with Crippen LogP contribution in [0.25, 0.3) is 0 Å². The van der Waals surface area contributed by atoms with Gasteiger partial charge in [0.05, 0.1) is 17.2 Å². The average Bonchev–Trinajstić information content (AvgIpc) is 2.44. The molecule has 1 heterocycles. The van der Waals surface area contributed by atoms with Crippen LogP contribution in [0, 0.1) is 11.3 Å². The van der Waals surface area contributed by atoms with Crippen LogP contribution in [0.5, 0.6) is 5.75 Å². The van der Waals surface area contributed by atoms with E-state index in [0.29, 0.717) is 22.9 Å². The van der Waals surface area contributed by atoms with E-state index < -0.39 is 6.10 Å². The van der Waals surface area contributed by atoms with E-state index in [0.717, 1.165) is 13.1 Å². The van der Waals surface area contributed by atoms with Crippen molar-refractivity contribution in [2.75, 3.05) is 26.2 Å². The molecule has 0 radical (unpaired) electrons. The van der Waals surface area contributed by atoms with Gasteiger partial charge in [-0.15, -0.1) is 0 Å². The van der Waals surface area contributed by atoms with E-state index in [2.05, 4.69) is 4.90 Å². The van der Waals surface area contributed by atoms with Crippen LogP contribution in [0.2, 0.25) is 5.02 Å². The van der Waals surface area contributed by atoms with Gasteiger partial charge in [-0.2, -0.15) is 5.26 Å². The van der Waals surface area contributed by atoms with Gasteiger partial charge in [0.15, 0.2) is 0 Å². The van der Waals surface area contributed by atoms with Crippen LogP contribution in [-0.4, -0.2) is 54.6 Å². The van der Waals surface area contributed by atoms with Crippen LogP contribution in [0.1, 0.15) is 19.4 Å². The number of ether oxygens (including phenoxy) is 2. The molecule has 1 aliphatic heterocycles. The maximum Gasteiger partial charge on any atom is 0.138 e. The standard InChI is InChI=1S/C16H21ClN2O3/c1-11-7-19(8-12(2)22-11)9-13(20)10-21-16-5-3-4-15(17)14(16)6-18/h3-5,11-13,20H,7-10H2,1-2H3. The Morgan fingerprint density at radius 2 is 2.14 bits per heavy atom. The zero-order valence-electron chi connectivity index (χ0n) is 12.8. The van der Waals surface area contributed by atoms with Gasteiger partial charge in [0, 0.05) is 19.6 Å². The Kier molecular flexibility index (Phi) is 6.04. The molecule has 1 N–H and O–H groups in total. The maximum absolute atomic E-state index is 10.1. The van der Waals surface area contributed by atoms with Crippen molar-refractivity contribution in [2.24, 2.45) is 0 Å². The summed E-state index contributed by atoms with van der Waals surface area (Å²) in [5.41, 5.74) is 0.296. The summed E-state index contributed by atoms with van der Waals surface area (Å²) in [5, 5.41) is 19.6. The molecule has 6 heteroatoms. The highest BCUT2D eigenvalue weighted by molar-refractivity contribution is 6.31. The molecule has 3 atom stereocenters. The van der Waals surface area contributed by atoms with E-state index in [-0.39, 0.29) is 18.8 Å². The average molecular weight is 325 g/mol. The molecule has 5 nitrogen and oxygen atoms in total. The molecule has 0 saturated carbocycles. The first-order valence-electron chi connectivity index (χ1n) is 7.37. The summed E-state index contributed by atoms with van der Waals surface area (Å²) < 4.78 is 11.2. The van der Waals surface area contributed by atoms with Crippen molar-refractivity contribution in [3.8, 4) is 11.8 Å². The highest BCUT2D eigenvalue weighted by Crippen LogP contribution is 2.25. The molecule has 0 aliphatic carbocycles. The number of nitriles is 1. The van der Waals surface area contributed by atoms with E-state index in [1.807, 2.05) is 19.9 Å².